The molecule has 0 unspecified atom stereocenters. The largest absolute Gasteiger partial charge is 0.465 e. The Kier molecular flexibility index (Phi) is 6.76. The van der Waals surface area contributed by atoms with Crippen LogP contribution in [0.1, 0.15) is 15.2 Å². The third-order valence-electron chi connectivity index (χ3n) is 3.51. The average molecular weight is 396 g/mol. The third-order valence-corrected chi connectivity index (χ3v) is 5.58. The monoisotopic (exact) mass is 396 g/mol. The number of esters is 1. The smallest absolute Gasteiger partial charge is 0.337 e. The summed E-state index contributed by atoms with van der Waals surface area (Å²) >= 11 is 1.49. The zero-order valence-electron chi connectivity index (χ0n) is 14.5. The summed E-state index contributed by atoms with van der Waals surface area (Å²) in [5.74, 6) is -0.728. The average Bonchev–Trinajstić information content (AvgIpc) is 3.10. The number of hydrogen-bond donors (Lipinski definition) is 1. The van der Waals surface area contributed by atoms with Gasteiger partial charge in [0.15, 0.2) is 0 Å². The fraction of sp³-hybridized carbons (Fsp3) is 0.294. The van der Waals surface area contributed by atoms with Gasteiger partial charge in [-0.05, 0) is 29.6 Å². The first-order valence-corrected chi connectivity index (χ1v) is 10.5. The standard InChI is InChI=1S/C17H20N2O5S2/c1-24-17(21)13-5-3-6-14(11-13)19(26(2,22)23)9-8-18-16(20)12-15-7-4-10-25-15/h3-7,10-11H,8-9,12H2,1-2H3,(H,18,20). The molecule has 1 N–H and O–H groups in total. The minimum absolute atomic E-state index is 0.0552. The molecule has 2 aromatic rings. The number of sulfonamides is 1. The van der Waals surface area contributed by atoms with Crippen molar-refractivity contribution in [2.75, 3.05) is 30.8 Å². The van der Waals surface area contributed by atoms with E-state index in [1.54, 1.807) is 18.2 Å². The predicted molar refractivity (Wildman–Crippen MR) is 101 cm³/mol. The van der Waals surface area contributed by atoms with Gasteiger partial charge in [0.1, 0.15) is 0 Å². The number of benzene rings is 1. The van der Waals surface area contributed by atoms with Gasteiger partial charge in [-0.25, -0.2) is 13.2 Å². The van der Waals surface area contributed by atoms with Crippen LogP contribution >= 0.6 is 11.3 Å². The normalized spacial score (nSPS) is 11.0. The number of anilines is 1. The zero-order chi connectivity index (χ0) is 19.2. The Labute approximate surface area is 156 Å². The summed E-state index contributed by atoms with van der Waals surface area (Å²) in [6, 6.07) is 9.88. The number of carbonyl (C=O) groups excluding carboxylic acids is 2. The maximum Gasteiger partial charge on any atom is 0.337 e. The molecule has 0 bridgehead atoms. The lowest BCUT2D eigenvalue weighted by Crippen LogP contribution is -2.38. The molecule has 1 aromatic carbocycles. The van der Waals surface area contributed by atoms with Crippen LogP contribution in [0.2, 0.25) is 0 Å². The number of thiophene rings is 1. The maximum absolute atomic E-state index is 12.1. The molecule has 1 heterocycles. The second-order valence-electron chi connectivity index (χ2n) is 5.48. The van der Waals surface area contributed by atoms with Crippen molar-refractivity contribution in [3.05, 3.63) is 52.2 Å². The van der Waals surface area contributed by atoms with Crippen LogP contribution in [-0.4, -0.2) is 46.7 Å². The van der Waals surface area contributed by atoms with Crippen LogP contribution < -0.4 is 9.62 Å². The molecule has 0 saturated carbocycles. The molecule has 0 saturated heterocycles. The maximum atomic E-state index is 12.1. The zero-order valence-corrected chi connectivity index (χ0v) is 16.1. The van der Waals surface area contributed by atoms with Crippen molar-refractivity contribution in [2.45, 2.75) is 6.42 Å². The highest BCUT2D eigenvalue weighted by molar-refractivity contribution is 7.92. The number of rotatable bonds is 8. The fourth-order valence-corrected chi connectivity index (χ4v) is 3.95. The molecular weight excluding hydrogens is 376 g/mol. The summed E-state index contributed by atoms with van der Waals surface area (Å²) in [7, 11) is -2.33. The molecule has 7 nitrogen and oxygen atoms in total. The number of nitrogens with one attached hydrogen (secondary N) is 1. The van der Waals surface area contributed by atoms with E-state index in [9.17, 15) is 18.0 Å². The van der Waals surface area contributed by atoms with Crippen molar-refractivity contribution in [3.8, 4) is 0 Å². The van der Waals surface area contributed by atoms with E-state index in [1.165, 1.54) is 24.5 Å². The highest BCUT2D eigenvalue weighted by atomic mass is 32.2. The lowest BCUT2D eigenvalue weighted by Gasteiger charge is -2.23. The molecule has 0 atom stereocenters. The Hall–Kier alpha value is -2.39. The van der Waals surface area contributed by atoms with Gasteiger partial charge in [0, 0.05) is 11.4 Å². The van der Waals surface area contributed by atoms with E-state index in [0.29, 0.717) is 5.69 Å². The summed E-state index contributed by atoms with van der Waals surface area (Å²) in [5, 5.41) is 4.60. The van der Waals surface area contributed by atoms with Crippen molar-refractivity contribution in [2.24, 2.45) is 0 Å². The van der Waals surface area contributed by atoms with Crippen LogP contribution in [0, 0.1) is 0 Å². The van der Waals surface area contributed by atoms with Gasteiger partial charge in [0.05, 0.1) is 37.6 Å². The summed E-state index contributed by atoms with van der Waals surface area (Å²) in [6.45, 7) is 0.208. The Balaban J connectivity index is 2.04. The highest BCUT2D eigenvalue weighted by Crippen LogP contribution is 2.19. The molecule has 2 rings (SSSR count). The first kappa shape index (κ1) is 19.9. The Morgan fingerprint density at radius 3 is 2.62 bits per heavy atom. The molecule has 0 radical (unpaired) electrons. The number of carbonyl (C=O) groups is 2. The number of ether oxygens (including phenoxy) is 1. The molecule has 0 fully saturated rings. The Morgan fingerprint density at radius 2 is 2.00 bits per heavy atom. The van der Waals surface area contributed by atoms with E-state index in [4.69, 9.17) is 0 Å². The van der Waals surface area contributed by atoms with Crippen molar-refractivity contribution >= 4 is 38.9 Å². The summed E-state index contributed by atoms with van der Waals surface area (Å²) in [6.07, 6.45) is 1.33. The molecule has 9 heteroatoms. The second kappa shape index (κ2) is 8.81. The molecule has 26 heavy (non-hydrogen) atoms. The van der Waals surface area contributed by atoms with E-state index in [0.717, 1.165) is 15.4 Å². The number of amides is 1. The quantitative estimate of drug-likeness (QED) is 0.685. The Bertz CT molecular complexity index is 863. The van der Waals surface area contributed by atoms with Crippen LogP contribution in [0.15, 0.2) is 41.8 Å². The van der Waals surface area contributed by atoms with E-state index in [1.807, 2.05) is 17.5 Å². The van der Waals surface area contributed by atoms with Crippen molar-refractivity contribution in [3.63, 3.8) is 0 Å². The Morgan fingerprint density at radius 1 is 1.23 bits per heavy atom. The van der Waals surface area contributed by atoms with E-state index >= 15 is 0 Å². The molecule has 0 spiro atoms. The fourth-order valence-electron chi connectivity index (χ4n) is 2.32. The van der Waals surface area contributed by atoms with Crippen molar-refractivity contribution in [1.82, 2.24) is 5.32 Å². The lowest BCUT2D eigenvalue weighted by molar-refractivity contribution is -0.120. The van der Waals surface area contributed by atoms with Gasteiger partial charge in [0.2, 0.25) is 15.9 Å². The van der Waals surface area contributed by atoms with Gasteiger partial charge in [-0.2, -0.15) is 0 Å². The number of methoxy groups -OCH3 is 1. The minimum atomic E-state index is -3.58. The molecule has 0 aliphatic rings. The highest BCUT2D eigenvalue weighted by Gasteiger charge is 2.19. The summed E-state index contributed by atoms with van der Waals surface area (Å²) in [4.78, 5) is 24.5. The summed E-state index contributed by atoms with van der Waals surface area (Å²) in [5.41, 5.74) is 0.586. The van der Waals surface area contributed by atoms with Crippen LogP contribution in [0.3, 0.4) is 0 Å². The topological polar surface area (TPSA) is 92.8 Å². The van der Waals surface area contributed by atoms with Gasteiger partial charge in [-0.1, -0.05) is 12.1 Å². The lowest BCUT2D eigenvalue weighted by atomic mass is 10.2. The molecule has 0 aliphatic carbocycles. The molecule has 1 aromatic heterocycles. The van der Waals surface area contributed by atoms with Gasteiger partial charge >= 0.3 is 5.97 Å². The van der Waals surface area contributed by atoms with Crippen LogP contribution in [0.25, 0.3) is 0 Å². The minimum Gasteiger partial charge on any atom is -0.465 e. The van der Waals surface area contributed by atoms with Crippen LogP contribution in [0.4, 0.5) is 5.69 Å². The van der Waals surface area contributed by atoms with E-state index in [-0.39, 0.29) is 31.0 Å². The first-order valence-electron chi connectivity index (χ1n) is 7.76. The SMILES string of the molecule is COC(=O)c1cccc(N(CCNC(=O)Cc2cccs2)S(C)(=O)=O)c1. The number of nitrogens with zero attached hydrogens (tertiary/aromatic N) is 1. The van der Waals surface area contributed by atoms with Gasteiger partial charge < -0.3 is 10.1 Å². The number of hydrogen-bond acceptors (Lipinski definition) is 6. The molecule has 140 valence electrons. The molecule has 1 amide bonds. The first-order chi connectivity index (χ1) is 12.3. The van der Waals surface area contributed by atoms with E-state index in [2.05, 4.69) is 10.1 Å². The van der Waals surface area contributed by atoms with E-state index < -0.39 is 16.0 Å². The predicted octanol–water partition coefficient (Wildman–Crippen LogP) is 1.66. The van der Waals surface area contributed by atoms with Crippen LogP contribution in [-0.2, 0) is 26.0 Å². The van der Waals surface area contributed by atoms with Gasteiger partial charge in [-0.15, -0.1) is 11.3 Å². The summed E-state index contributed by atoms with van der Waals surface area (Å²) < 4.78 is 30.0. The van der Waals surface area contributed by atoms with Crippen molar-refractivity contribution in [1.29, 1.82) is 0 Å². The third kappa shape index (κ3) is 5.57. The molecular formula is C17H20N2O5S2. The van der Waals surface area contributed by atoms with Gasteiger partial charge in [-0.3, -0.25) is 9.10 Å². The molecule has 0 aliphatic heterocycles. The van der Waals surface area contributed by atoms with Crippen LogP contribution in [0.5, 0.6) is 0 Å². The second-order valence-corrected chi connectivity index (χ2v) is 8.42. The van der Waals surface area contributed by atoms with Crippen molar-refractivity contribution < 1.29 is 22.7 Å². The van der Waals surface area contributed by atoms with Gasteiger partial charge in [0.25, 0.3) is 0 Å².